The summed E-state index contributed by atoms with van der Waals surface area (Å²) in [6, 6.07) is 15.8. The highest BCUT2D eigenvalue weighted by atomic mass is 16.1. The molecule has 2 nitrogen and oxygen atoms in total. The molecule has 0 radical (unpaired) electrons. The van der Waals surface area contributed by atoms with Gasteiger partial charge in [0.1, 0.15) is 0 Å². The van der Waals surface area contributed by atoms with Gasteiger partial charge in [0.15, 0.2) is 0 Å². The molecule has 0 saturated carbocycles. The lowest BCUT2D eigenvalue weighted by atomic mass is 10.1. The minimum atomic E-state index is -0.0580. The molecule has 0 atom stereocenters. The van der Waals surface area contributed by atoms with Crippen LogP contribution in [-0.4, -0.2) is 5.91 Å². The first kappa shape index (κ1) is 17.3. The fourth-order valence-corrected chi connectivity index (χ4v) is 2.60. The zero-order valence-corrected chi connectivity index (χ0v) is 14.3. The summed E-state index contributed by atoms with van der Waals surface area (Å²) in [5.41, 5.74) is 4.04. The van der Waals surface area contributed by atoms with Gasteiger partial charge in [-0.1, -0.05) is 62.4 Å². The van der Waals surface area contributed by atoms with Crippen LogP contribution >= 0.6 is 0 Å². The third kappa shape index (κ3) is 5.90. The van der Waals surface area contributed by atoms with E-state index in [9.17, 15) is 4.79 Å². The van der Waals surface area contributed by atoms with Gasteiger partial charge in [0.25, 0.3) is 5.91 Å². The van der Waals surface area contributed by atoms with Gasteiger partial charge in [-0.15, -0.1) is 0 Å². The molecule has 122 valence electrons. The van der Waals surface area contributed by atoms with Crippen molar-refractivity contribution in [2.24, 2.45) is 0 Å². The number of unbranched alkanes of at least 4 members (excludes halogenated alkanes) is 4. The predicted molar refractivity (Wildman–Crippen MR) is 98.0 cm³/mol. The minimum Gasteiger partial charge on any atom is -0.322 e. The molecule has 0 saturated heterocycles. The number of anilines is 1. The fraction of sp³-hybridized carbons (Fsp3) is 0.381. The van der Waals surface area contributed by atoms with Crippen molar-refractivity contribution in [1.29, 1.82) is 0 Å². The van der Waals surface area contributed by atoms with Crippen molar-refractivity contribution < 1.29 is 4.79 Å². The van der Waals surface area contributed by atoms with Gasteiger partial charge in [-0.3, -0.25) is 4.79 Å². The smallest absolute Gasteiger partial charge is 0.255 e. The van der Waals surface area contributed by atoms with E-state index in [1.807, 2.05) is 43.3 Å². The van der Waals surface area contributed by atoms with Gasteiger partial charge >= 0.3 is 0 Å². The van der Waals surface area contributed by atoms with Crippen molar-refractivity contribution in [1.82, 2.24) is 0 Å². The molecule has 0 aliphatic carbocycles. The van der Waals surface area contributed by atoms with Crippen molar-refractivity contribution >= 4 is 11.6 Å². The van der Waals surface area contributed by atoms with Crippen LogP contribution in [0.3, 0.4) is 0 Å². The van der Waals surface area contributed by atoms with E-state index in [0.29, 0.717) is 5.56 Å². The molecule has 23 heavy (non-hydrogen) atoms. The van der Waals surface area contributed by atoms with E-state index in [-0.39, 0.29) is 5.91 Å². The molecule has 2 aromatic carbocycles. The summed E-state index contributed by atoms with van der Waals surface area (Å²) < 4.78 is 0. The van der Waals surface area contributed by atoms with E-state index in [1.165, 1.54) is 37.7 Å². The van der Waals surface area contributed by atoms with E-state index in [1.54, 1.807) is 0 Å². The highest BCUT2D eigenvalue weighted by molar-refractivity contribution is 6.04. The Hall–Kier alpha value is -2.09. The molecule has 0 unspecified atom stereocenters. The number of hydrogen-bond acceptors (Lipinski definition) is 1. The molecule has 0 heterocycles. The zero-order chi connectivity index (χ0) is 16.5. The Labute approximate surface area is 139 Å². The maximum Gasteiger partial charge on any atom is 0.255 e. The van der Waals surface area contributed by atoms with E-state index < -0.39 is 0 Å². The Morgan fingerprint density at radius 2 is 1.52 bits per heavy atom. The summed E-state index contributed by atoms with van der Waals surface area (Å²) in [4.78, 5) is 12.2. The number of amides is 1. The summed E-state index contributed by atoms with van der Waals surface area (Å²) >= 11 is 0. The highest BCUT2D eigenvalue weighted by Gasteiger charge is 2.05. The number of aryl methyl sites for hydroxylation is 2. The van der Waals surface area contributed by atoms with Gasteiger partial charge in [-0.25, -0.2) is 0 Å². The summed E-state index contributed by atoms with van der Waals surface area (Å²) in [6.45, 7) is 4.26. The molecule has 0 aromatic heterocycles. The number of hydrogen-bond donors (Lipinski definition) is 1. The quantitative estimate of drug-likeness (QED) is 0.617. The first-order chi connectivity index (χ1) is 11.2. The van der Waals surface area contributed by atoms with Crippen molar-refractivity contribution in [3.63, 3.8) is 0 Å². The minimum absolute atomic E-state index is 0.0580. The van der Waals surface area contributed by atoms with Crippen LogP contribution in [0.2, 0.25) is 0 Å². The van der Waals surface area contributed by atoms with Crippen LogP contribution < -0.4 is 5.32 Å². The first-order valence-electron chi connectivity index (χ1n) is 8.66. The molecular formula is C21H27NO. The maximum absolute atomic E-state index is 12.2. The second-order valence-electron chi connectivity index (χ2n) is 6.18. The van der Waals surface area contributed by atoms with Crippen LogP contribution in [0.5, 0.6) is 0 Å². The fourth-order valence-electron chi connectivity index (χ4n) is 2.60. The summed E-state index contributed by atoms with van der Waals surface area (Å²) in [5, 5.41) is 2.95. The van der Waals surface area contributed by atoms with Crippen molar-refractivity contribution in [2.45, 2.75) is 52.4 Å². The molecule has 0 aliphatic heterocycles. The average molecular weight is 309 g/mol. The highest BCUT2D eigenvalue weighted by Crippen LogP contribution is 2.14. The molecule has 2 aromatic rings. The maximum atomic E-state index is 12.2. The lowest BCUT2D eigenvalue weighted by molar-refractivity contribution is 0.102. The summed E-state index contributed by atoms with van der Waals surface area (Å²) in [5.74, 6) is -0.0580. The van der Waals surface area contributed by atoms with Crippen LogP contribution in [0.25, 0.3) is 0 Å². The SMILES string of the molecule is CCCCCCCc1ccc(NC(=O)c2ccc(C)cc2)cc1. The van der Waals surface area contributed by atoms with Crippen LogP contribution in [0.4, 0.5) is 5.69 Å². The summed E-state index contributed by atoms with van der Waals surface area (Å²) in [6.07, 6.45) is 7.63. The molecule has 0 aliphatic rings. The molecule has 1 N–H and O–H groups in total. The van der Waals surface area contributed by atoms with Gasteiger partial charge in [0.05, 0.1) is 0 Å². The lowest BCUT2D eigenvalue weighted by Crippen LogP contribution is -2.11. The van der Waals surface area contributed by atoms with Crippen LogP contribution in [0.15, 0.2) is 48.5 Å². The van der Waals surface area contributed by atoms with Crippen LogP contribution in [0.1, 0.15) is 60.5 Å². The van der Waals surface area contributed by atoms with Gasteiger partial charge in [0.2, 0.25) is 0 Å². The van der Waals surface area contributed by atoms with Crippen molar-refractivity contribution in [2.75, 3.05) is 5.32 Å². The molecule has 2 heteroatoms. The molecular weight excluding hydrogens is 282 g/mol. The Bertz CT molecular complexity index is 599. The predicted octanol–water partition coefficient (Wildman–Crippen LogP) is 5.76. The molecule has 2 rings (SSSR count). The number of carbonyl (C=O) groups is 1. The Kier molecular flexibility index (Phi) is 6.86. The first-order valence-corrected chi connectivity index (χ1v) is 8.66. The van der Waals surface area contributed by atoms with Gasteiger partial charge < -0.3 is 5.32 Å². The average Bonchev–Trinajstić information content (AvgIpc) is 2.57. The Morgan fingerprint density at radius 1 is 0.870 bits per heavy atom. The Morgan fingerprint density at radius 3 is 2.17 bits per heavy atom. The molecule has 0 bridgehead atoms. The van der Waals surface area contributed by atoms with E-state index in [2.05, 4.69) is 24.4 Å². The van der Waals surface area contributed by atoms with E-state index in [0.717, 1.165) is 17.7 Å². The standard InChI is InChI=1S/C21H27NO/c1-3-4-5-6-7-8-18-11-15-20(16-12-18)22-21(23)19-13-9-17(2)10-14-19/h9-16H,3-8H2,1-2H3,(H,22,23). The van der Waals surface area contributed by atoms with Crippen LogP contribution in [-0.2, 0) is 6.42 Å². The molecule has 0 fully saturated rings. The number of carbonyl (C=O) groups excluding carboxylic acids is 1. The third-order valence-electron chi connectivity index (χ3n) is 4.09. The van der Waals surface area contributed by atoms with Gasteiger partial charge in [-0.05, 0) is 49.6 Å². The van der Waals surface area contributed by atoms with E-state index in [4.69, 9.17) is 0 Å². The molecule has 1 amide bonds. The van der Waals surface area contributed by atoms with Crippen molar-refractivity contribution in [3.05, 3.63) is 65.2 Å². The second kappa shape index (κ2) is 9.14. The zero-order valence-electron chi connectivity index (χ0n) is 14.3. The number of nitrogens with one attached hydrogen (secondary N) is 1. The summed E-state index contributed by atoms with van der Waals surface area (Å²) in [7, 11) is 0. The normalized spacial score (nSPS) is 10.5. The number of benzene rings is 2. The third-order valence-corrected chi connectivity index (χ3v) is 4.09. The van der Waals surface area contributed by atoms with Crippen molar-refractivity contribution in [3.8, 4) is 0 Å². The topological polar surface area (TPSA) is 29.1 Å². The van der Waals surface area contributed by atoms with Gasteiger partial charge in [0, 0.05) is 11.3 Å². The second-order valence-corrected chi connectivity index (χ2v) is 6.18. The Balaban J connectivity index is 1.82. The largest absolute Gasteiger partial charge is 0.322 e. The van der Waals surface area contributed by atoms with Crippen LogP contribution in [0, 0.1) is 6.92 Å². The monoisotopic (exact) mass is 309 g/mol. The van der Waals surface area contributed by atoms with Gasteiger partial charge in [-0.2, -0.15) is 0 Å². The number of rotatable bonds is 8. The lowest BCUT2D eigenvalue weighted by Gasteiger charge is -2.07. The van der Waals surface area contributed by atoms with E-state index >= 15 is 0 Å². The molecule has 0 spiro atoms.